The minimum absolute atomic E-state index is 0.128. The van der Waals surface area contributed by atoms with Crippen LogP contribution in [0.5, 0.6) is 5.75 Å². The lowest BCUT2D eigenvalue weighted by Gasteiger charge is -2.22. The molecule has 33 heavy (non-hydrogen) atoms. The van der Waals surface area contributed by atoms with Crippen LogP contribution in [0.25, 0.3) is 21.0 Å². The Bertz CT molecular complexity index is 1450. The van der Waals surface area contributed by atoms with Gasteiger partial charge in [-0.2, -0.15) is 0 Å². The van der Waals surface area contributed by atoms with E-state index in [2.05, 4.69) is 15.9 Å². The van der Waals surface area contributed by atoms with Crippen molar-refractivity contribution in [3.05, 3.63) is 101 Å². The fourth-order valence-electron chi connectivity index (χ4n) is 3.88. The highest BCUT2D eigenvalue weighted by molar-refractivity contribution is 9.10. The van der Waals surface area contributed by atoms with Crippen LogP contribution in [0.3, 0.4) is 0 Å². The Morgan fingerprint density at radius 2 is 1.79 bits per heavy atom. The molecule has 0 saturated heterocycles. The summed E-state index contributed by atoms with van der Waals surface area (Å²) in [5.74, 6) is 0.459. The second-order valence-corrected chi connectivity index (χ2v) is 9.50. The zero-order chi connectivity index (χ0) is 22.8. The molecular formula is C27H21BrN2O2S. The molecular weight excluding hydrogens is 496 g/mol. The highest BCUT2D eigenvalue weighted by atomic mass is 79.9. The van der Waals surface area contributed by atoms with E-state index in [0.29, 0.717) is 29.6 Å². The molecule has 0 saturated carbocycles. The number of benzene rings is 4. The molecule has 0 N–H and O–H groups in total. The summed E-state index contributed by atoms with van der Waals surface area (Å²) in [6.07, 6.45) is 0. The SMILES string of the molecule is CCOc1ccc2ccccc2c1C(=O)N(Cc1ccccc1)c1nc2ccc(Br)cc2s1. The number of halogens is 1. The number of ether oxygens (including phenoxy) is 1. The highest BCUT2D eigenvalue weighted by Gasteiger charge is 2.26. The van der Waals surface area contributed by atoms with Crippen molar-refractivity contribution >= 4 is 59.3 Å². The van der Waals surface area contributed by atoms with Gasteiger partial charge in [-0.3, -0.25) is 9.69 Å². The maximum Gasteiger partial charge on any atom is 0.264 e. The van der Waals surface area contributed by atoms with Crippen LogP contribution in [0.2, 0.25) is 0 Å². The van der Waals surface area contributed by atoms with Crippen molar-refractivity contribution in [2.24, 2.45) is 0 Å². The van der Waals surface area contributed by atoms with Crippen LogP contribution in [0, 0.1) is 0 Å². The van der Waals surface area contributed by atoms with Crippen LogP contribution < -0.4 is 9.64 Å². The fraction of sp³-hybridized carbons (Fsp3) is 0.111. The van der Waals surface area contributed by atoms with E-state index in [1.54, 1.807) is 4.90 Å². The summed E-state index contributed by atoms with van der Waals surface area (Å²) in [7, 11) is 0. The van der Waals surface area contributed by atoms with Gasteiger partial charge in [-0.25, -0.2) is 4.98 Å². The number of anilines is 1. The first kappa shape index (κ1) is 21.6. The van der Waals surface area contributed by atoms with E-state index in [-0.39, 0.29) is 5.91 Å². The summed E-state index contributed by atoms with van der Waals surface area (Å²) in [6, 6.07) is 27.7. The molecule has 1 amide bonds. The van der Waals surface area contributed by atoms with Gasteiger partial charge in [0.25, 0.3) is 5.91 Å². The Labute approximate surface area is 204 Å². The summed E-state index contributed by atoms with van der Waals surface area (Å²) in [5, 5.41) is 2.53. The van der Waals surface area contributed by atoms with Gasteiger partial charge >= 0.3 is 0 Å². The zero-order valence-corrected chi connectivity index (χ0v) is 20.4. The van der Waals surface area contributed by atoms with Crippen molar-refractivity contribution in [3.8, 4) is 5.75 Å². The van der Waals surface area contributed by atoms with Crippen LogP contribution >= 0.6 is 27.3 Å². The Hall–Kier alpha value is -3.22. The van der Waals surface area contributed by atoms with E-state index < -0.39 is 0 Å². The van der Waals surface area contributed by atoms with Crippen molar-refractivity contribution in [2.45, 2.75) is 13.5 Å². The van der Waals surface area contributed by atoms with E-state index in [1.807, 2.05) is 91.9 Å². The number of carbonyl (C=O) groups is 1. The first-order valence-electron chi connectivity index (χ1n) is 10.7. The summed E-state index contributed by atoms with van der Waals surface area (Å²) in [6.45, 7) is 2.82. The van der Waals surface area contributed by atoms with Crippen molar-refractivity contribution in [1.82, 2.24) is 4.98 Å². The van der Waals surface area contributed by atoms with Gasteiger partial charge in [0, 0.05) is 4.47 Å². The summed E-state index contributed by atoms with van der Waals surface area (Å²) in [4.78, 5) is 20.8. The van der Waals surface area contributed by atoms with Crippen LogP contribution in [0.15, 0.2) is 89.4 Å². The third kappa shape index (κ3) is 4.36. The molecule has 1 aromatic heterocycles. The van der Waals surface area contributed by atoms with Gasteiger partial charge < -0.3 is 4.74 Å². The molecule has 0 aliphatic rings. The molecule has 0 fully saturated rings. The monoisotopic (exact) mass is 516 g/mol. The molecule has 0 aliphatic carbocycles. The lowest BCUT2D eigenvalue weighted by molar-refractivity contribution is 0.0983. The maximum atomic E-state index is 14.2. The van der Waals surface area contributed by atoms with Crippen molar-refractivity contribution in [1.29, 1.82) is 0 Å². The van der Waals surface area contributed by atoms with E-state index in [9.17, 15) is 4.79 Å². The van der Waals surface area contributed by atoms with E-state index >= 15 is 0 Å². The Balaban J connectivity index is 1.68. The fourth-order valence-corrected chi connectivity index (χ4v) is 5.39. The molecule has 0 spiro atoms. The molecule has 0 atom stereocenters. The average Bonchev–Trinajstić information content (AvgIpc) is 3.25. The second kappa shape index (κ2) is 9.33. The molecule has 4 aromatic carbocycles. The van der Waals surface area contributed by atoms with Crippen LogP contribution in [-0.4, -0.2) is 17.5 Å². The molecule has 4 nitrogen and oxygen atoms in total. The minimum Gasteiger partial charge on any atom is -0.493 e. The highest BCUT2D eigenvalue weighted by Crippen LogP contribution is 2.35. The number of hydrogen-bond donors (Lipinski definition) is 0. The van der Waals surface area contributed by atoms with Crippen LogP contribution in [0.1, 0.15) is 22.8 Å². The van der Waals surface area contributed by atoms with Gasteiger partial charge in [-0.1, -0.05) is 87.9 Å². The van der Waals surface area contributed by atoms with Gasteiger partial charge in [0.1, 0.15) is 5.75 Å². The zero-order valence-electron chi connectivity index (χ0n) is 18.0. The number of thiazole rings is 1. The molecule has 0 bridgehead atoms. The lowest BCUT2D eigenvalue weighted by atomic mass is 10.0. The number of rotatable bonds is 6. The topological polar surface area (TPSA) is 42.4 Å². The predicted octanol–water partition coefficient (Wildman–Crippen LogP) is 7.46. The second-order valence-electron chi connectivity index (χ2n) is 7.58. The summed E-state index contributed by atoms with van der Waals surface area (Å²) in [5.41, 5.74) is 2.46. The first-order chi connectivity index (χ1) is 16.1. The Morgan fingerprint density at radius 3 is 2.61 bits per heavy atom. The van der Waals surface area contributed by atoms with Gasteiger partial charge in [0.15, 0.2) is 5.13 Å². The number of amides is 1. The number of fused-ring (bicyclic) bond motifs is 2. The Morgan fingerprint density at radius 1 is 1.00 bits per heavy atom. The third-order valence-electron chi connectivity index (χ3n) is 5.40. The lowest BCUT2D eigenvalue weighted by Crippen LogP contribution is -2.31. The minimum atomic E-state index is -0.128. The molecule has 0 aliphatic heterocycles. The third-order valence-corrected chi connectivity index (χ3v) is 6.94. The average molecular weight is 517 g/mol. The molecule has 164 valence electrons. The molecule has 6 heteroatoms. The van der Waals surface area contributed by atoms with Gasteiger partial charge in [-0.15, -0.1) is 0 Å². The van der Waals surface area contributed by atoms with E-state index in [0.717, 1.165) is 31.0 Å². The number of aromatic nitrogens is 1. The Kier molecular flexibility index (Phi) is 6.11. The normalized spacial score (nSPS) is 11.1. The summed E-state index contributed by atoms with van der Waals surface area (Å²) >= 11 is 5.04. The van der Waals surface area contributed by atoms with Crippen LogP contribution in [0.4, 0.5) is 5.13 Å². The van der Waals surface area contributed by atoms with Gasteiger partial charge in [0.2, 0.25) is 0 Å². The predicted molar refractivity (Wildman–Crippen MR) is 139 cm³/mol. The molecule has 0 unspecified atom stereocenters. The van der Waals surface area contributed by atoms with Crippen molar-refractivity contribution in [2.75, 3.05) is 11.5 Å². The van der Waals surface area contributed by atoms with Gasteiger partial charge in [-0.05, 0) is 47.5 Å². The standard InChI is InChI=1S/C27H21BrN2O2S/c1-2-32-23-15-12-19-10-6-7-11-21(19)25(23)26(31)30(17-18-8-4-3-5-9-18)27-29-22-14-13-20(28)16-24(22)33-27/h3-16H,2,17H2,1H3. The van der Waals surface area contributed by atoms with Crippen LogP contribution in [-0.2, 0) is 6.54 Å². The smallest absolute Gasteiger partial charge is 0.264 e. The molecule has 5 aromatic rings. The quantitative estimate of drug-likeness (QED) is 0.235. The van der Waals surface area contributed by atoms with Crippen molar-refractivity contribution < 1.29 is 9.53 Å². The molecule has 5 rings (SSSR count). The van der Waals surface area contributed by atoms with E-state index in [4.69, 9.17) is 9.72 Å². The first-order valence-corrected chi connectivity index (χ1v) is 12.3. The number of hydrogen-bond acceptors (Lipinski definition) is 4. The largest absolute Gasteiger partial charge is 0.493 e. The number of nitrogens with zero attached hydrogens (tertiary/aromatic N) is 2. The number of carbonyl (C=O) groups excluding carboxylic acids is 1. The summed E-state index contributed by atoms with van der Waals surface area (Å²) < 4.78 is 7.91. The van der Waals surface area contributed by atoms with E-state index in [1.165, 1.54) is 11.3 Å². The maximum absolute atomic E-state index is 14.2. The van der Waals surface area contributed by atoms with Crippen molar-refractivity contribution in [3.63, 3.8) is 0 Å². The van der Waals surface area contributed by atoms with Gasteiger partial charge in [0.05, 0.1) is 28.9 Å². The molecule has 0 radical (unpaired) electrons. The molecule has 1 heterocycles.